The zero-order chi connectivity index (χ0) is 14.4. The number of nitrogens with zero attached hydrogens (tertiary/aromatic N) is 1. The first kappa shape index (κ1) is 14.1. The van der Waals surface area contributed by atoms with Crippen LogP contribution in [0.1, 0.15) is 19.4 Å². The highest BCUT2D eigenvalue weighted by Crippen LogP contribution is 2.18. The molecule has 102 valence electrons. The Balaban J connectivity index is 2.26. The highest BCUT2D eigenvalue weighted by atomic mass is 16.5. The number of rotatable bonds is 4. The van der Waals surface area contributed by atoms with Crippen LogP contribution < -0.4 is 4.74 Å². The minimum Gasteiger partial charge on any atom is -0.439 e. The van der Waals surface area contributed by atoms with Gasteiger partial charge in [-0.1, -0.05) is 43.8 Å². The van der Waals surface area contributed by atoms with E-state index < -0.39 is 0 Å². The smallest absolute Gasteiger partial charge is 0.222 e. The maximum absolute atomic E-state index is 5.87. The summed E-state index contributed by atoms with van der Waals surface area (Å²) in [5.74, 6) is 1.34. The minimum atomic E-state index is 0.546. The molecule has 0 unspecified atom stereocenters. The summed E-state index contributed by atoms with van der Waals surface area (Å²) in [7, 11) is 0. The normalized spacial score (nSPS) is 11.2. The van der Waals surface area contributed by atoms with Crippen LogP contribution in [0.5, 0.6) is 5.75 Å². The van der Waals surface area contributed by atoms with Crippen molar-refractivity contribution >= 4 is 11.6 Å². The maximum Gasteiger partial charge on any atom is 0.222 e. The Morgan fingerprint density at radius 3 is 2.50 bits per heavy atom. The number of benzene rings is 2. The molecule has 0 aromatic heterocycles. The van der Waals surface area contributed by atoms with Gasteiger partial charge in [-0.15, -0.1) is 0 Å². The first-order chi connectivity index (χ1) is 9.69. The molecule has 0 fully saturated rings. The summed E-state index contributed by atoms with van der Waals surface area (Å²) in [5, 5.41) is 0. The third-order valence-electron chi connectivity index (χ3n) is 2.87. The van der Waals surface area contributed by atoms with Gasteiger partial charge >= 0.3 is 0 Å². The van der Waals surface area contributed by atoms with Gasteiger partial charge in [-0.2, -0.15) is 0 Å². The van der Waals surface area contributed by atoms with Gasteiger partial charge in [0.05, 0.1) is 5.69 Å². The van der Waals surface area contributed by atoms with E-state index in [-0.39, 0.29) is 0 Å². The highest BCUT2D eigenvalue weighted by Gasteiger charge is 2.05. The molecule has 0 aliphatic rings. The maximum atomic E-state index is 5.87. The Bertz CT molecular complexity index is 614. The lowest BCUT2D eigenvalue weighted by Gasteiger charge is -2.09. The fraction of sp³-hybridized carbons (Fsp3) is 0.167. The molecule has 0 saturated carbocycles. The van der Waals surface area contributed by atoms with Crippen LogP contribution in [-0.4, -0.2) is 5.90 Å². The second-order valence-electron chi connectivity index (χ2n) is 4.64. The summed E-state index contributed by atoms with van der Waals surface area (Å²) >= 11 is 0. The quantitative estimate of drug-likeness (QED) is 0.567. The van der Waals surface area contributed by atoms with E-state index in [4.69, 9.17) is 4.74 Å². The fourth-order valence-electron chi connectivity index (χ4n) is 1.77. The van der Waals surface area contributed by atoms with E-state index >= 15 is 0 Å². The summed E-state index contributed by atoms with van der Waals surface area (Å²) in [6.45, 7) is 7.95. The lowest BCUT2D eigenvalue weighted by atomic mass is 10.2. The number of para-hydroxylation sites is 1. The van der Waals surface area contributed by atoms with Crippen LogP contribution in [0.3, 0.4) is 0 Å². The van der Waals surface area contributed by atoms with E-state index in [0.29, 0.717) is 5.90 Å². The van der Waals surface area contributed by atoms with E-state index in [1.807, 2.05) is 55.5 Å². The van der Waals surface area contributed by atoms with Crippen LogP contribution in [0.4, 0.5) is 5.69 Å². The Kier molecular flexibility index (Phi) is 4.72. The molecule has 0 bridgehead atoms. The van der Waals surface area contributed by atoms with E-state index in [0.717, 1.165) is 23.4 Å². The van der Waals surface area contributed by atoms with Crippen LogP contribution in [-0.2, 0) is 6.42 Å². The van der Waals surface area contributed by atoms with E-state index in [9.17, 15) is 0 Å². The number of aryl methyl sites for hydroxylation is 1. The minimum absolute atomic E-state index is 0.546. The van der Waals surface area contributed by atoms with Gasteiger partial charge in [0.15, 0.2) is 0 Å². The van der Waals surface area contributed by atoms with Crippen LogP contribution in [0.25, 0.3) is 0 Å². The molecule has 2 heteroatoms. The molecule has 0 atom stereocenters. The van der Waals surface area contributed by atoms with Gasteiger partial charge in [0, 0.05) is 5.57 Å². The van der Waals surface area contributed by atoms with Gasteiger partial charge in [-0.05, 0) is 43.2 Å². The fourth-order valence-corrected chi connectivity index (χ4v) is 1.77. The summed E-state index contributed by atoms with van der Waals surface area (Å²) in [4.78, 5) is 4.50. The molecule has 0 N–H and O–H groups in total. The van der Waals surface area contributed by atoms with Crippen molar-refractivity contribution in [2.45, 2.75) is 20.3 Å². The summed E-state index contributed by atoms with van der Waals surface area (Å²) < 4.78 is 5.87. The first-order valence-electron chi connectivity index (χ1n) is 6.75. The molecule has 0 saturated heterocycles. The van der Waals surface area contributed by atoms with E-state index in [2.05, 4.69) is 24.6 Å². The molecule has 0 amide bonds. The van der Waals surface area contributed by atoms with Crippen molar-refractivity contribution in [1.82, 2.24) is 0 Å². The Morgan fingerprint density at radius 1 is 1.10 bits per heavy atom. The van der Waals surface area contributed by atoms with Crippen LogP contribution in [0.2, 0.25) is 0 Å². The lowest BCUT2D eigenvalue weighted by molar-refractivity contribution is 0.550. The molecule has 2 nitrogen and oxygen atoms in total. The topological polar surface area (TPSA) is 21.6 Å². The molecule has 2 rings (SSSR count). The highest BCUT2D eigenvalue weighted by molar-refractivity contribution is 5.95. The molecule has 0 aliphatic carbocycles. The molecule has 2 aromatic carbocycles. The number of aliphatic imine (C=N–C) groups is 1. The average molecular weight is 265 g/mol. The Labute approximate surface area is 120 Å². The Hall–Kier alpha value is -2.35. The third kappa shape index (κ3) is 3.82. The monoisotopic (exact) mass is 265 g/mol. The van der Waals surface area contributed by atoms with Gasteiger partial charge in [0.2, 0.25) is 5.90 Å². The molecule has 0 aliphatic heterocycles. The van der Waals surface area contributed by atoms with Crippen molar-refractivity contribution < 1.29 is 4.74 Å². The first-order valence-corrected chi connectivity index (χ1v) is 6.75. The number of hydrogen-bond acceptors (Lipinski definition) is 2. The van der Waals surface area contributed by atoms with Crippen molar-refractivity contribution in [2.75, 3.05) is 0 Å². The van der Waals surface area contributed by atoms with Crippen LogP contribution >= 0.6 is 0 Å². The second kappa shape index (κ2) is 6.71. The van der Waals surface area contributed by atoms with Gasteiger partial charge in [-0.25, -0.2) is 4.99 Å². The Morgan fingerprint density at radius 2 is 1.85 bits per heavy atom. The molecule has 0 heterocycles. The van der Waals surface area contributed by atoms with Gasteiger partial charge in [0.1, 0.15) is 5.75 Å². The van der Waals surface area contributed by atoms with Crippen molar-refractivity contribution in [1.29, 1.82) is 0 Å². The summed E-state index contributed by atoms with van der Waals surface area (Å²) in [6.07, 6.45) is 0.982. The standard InChI is InChI=1S/C18H19NO/c1-4-15-9-8-12-17(13-15)20-18(14(2)3)19-16-10-6-5-7-11-16/h5-13H,2,4H2,1,3H3. The van der Waals surface area contributed by atoms with Gasteiger partial charge in [0.25, 0.3) is 0 Å². The van der Waals surface area contributed by atoms with E-state index in [1.165, 1.54) is 5.56 Å². The average Bonchev–Trinajstić information content (AvgIpc) is 2.48. The van der Waals surface area contributed by atoms with Crippen LogP contribution in [0.15, 0.2) is 71.7 Å². The number of ether oxygens (including phenoxy) is 1. The predicted octanol–water partition coefficient (Wildman–Crippen LogP) is 4.93. The van der Waals surface area contributed by atoms with Crippen molar-refractivity contribution in [2.24, 2.45) is 4.99 Å². The second-order valence-corrected chi connectivity index (χ2v) is 4.64. The van der Waals surface area contributed by atoms with Gasteiger partial charge in [-0.3, -0.25) is 0 Å². The SMILES string of the molecule is C=C(C)C(=Nc1ccccc1)Oc1cccc(CC)c1. The largest absolute Gasteiger partial charge is 0.439 e. The summed E-state index contributed by atoms with van der Waals surface area (Å²) in [5.41, 5.74) is 2.90. The molecule has 2 aromatic rings. The van der Waals surface area contributed by atoms with Crippen LogP contribution in [0, 0.1) is 0 Å². The molecule has 0 radical (unpaired) electrons. The van der Waals surface area contributed by atoms with Crippen molar-refractivity contribution in [3.63, 3.8) is 0 Å². The molecule has 0 spiro atoms. The van der Waals surface area contributed by atoms with E-state index in [1.54, 1.807) is 0 Å². The zero-order valence-electron chi connectivity index (χ0n) is 12.0. The summed E-state index contributed by atoms with van der Waals surface area (Å²) in [6, 6.07) is 17.8. The molecular formula is C18H19NO. The van der Waals surface area contributed by atoms with Crippen molar-refractivity contribution in [3.8, 4) is 5.75 Å². The lowest BCUT2D eigenvalue weighted by Crippen LogP contribution is -2.09. The van der Waals surface area contributed by atoms with Gasteiger partial charge < -0.3 is 4.74 Å². The molecular weight excluding hydrogens is 246 g/mol. The zero-order valence-corrected chi connectivity index (χ0v) is 12.0. The molecule has 20 heavy (non-hydrogen) atoms. The predicted molar refractivity (Wildman–Crippen MR) is 84.8 cm³/mol. The van der Waals surface area contributed by atoms with Crippen molar-refractivity contribution in [3.05, 3.63) is 72.3 Å². The third-order valence-corrected chi connectivity index (χ3v) is 2.87. The number of hydrogen-bond donors (Lipinski definition) is 0.